The zero-order valence-electron chi connectivity index (χ0n) is 10.3. The number of hydrogen-bond donors (Lipinski definition) is 1. The standard InChI is InChI=1S/C13H12Cl2N4/c1-2-5-17-13-9(7-16)8-18-19(13)12-4-3-10(14)6-11(12)15/h3-4,6,8,17H,2,5H2,1H3. The van der Waals surface area contributed by atoms with E-state index < -0.39 is 0 Å². The second-order valence-electron chi connectivity index (χ2n) is 3.95. The number of aromatic nitrogens is 2. The number of halogens is 2. The minimum absolute atomic E-state index is 0.486. The normalized spacial score (nSPS) is 10.2. The van der Waals surface area contributed by atoms with Crippen LogP contribution >= 0.6 is 23.2 Å². The molecule has 0 bridgehead atoms. The Balaban J connectivity index is 2.50. The monoisotopic (exact) mass is 294 g/mol. The van der Waals surface area contributed by atoms with Crippen LogP contribution in [0.3, 0.4) is 0 Å². The van der Waals surface area contributed by atoms with E-state index in [1.54, 1.807) is 22.9 Å². The van der Waals surface area contributed by atoms with Crippen molar-refractivity contribution in [3.05, 3.63) is 40.0 Å². The Kier molecular flexibility index (Phi) is 4.31. The van der Waals surface area contributed by atoms with Crippen LogP contribution in [0, 0.1) is 11.3 Å². The van der Waals surface area contributed by atoms with Crippen molar-refractivity contribution in [1.82, 2.24) is 9.78 Å². The summed E-state index contributed by atoms with van der Waals surface area (Å²) in [5, 5.41) is 17.5. The third-order valence-corrected chi connectivity index (χ3v) is 3.11. The molecule has 0 aliphatic carbocycles. The Morgan fingerprint density at radius 1 is 1.42 bits per heavy atom. The maximum Gasteiger partial charge on any atom is 0.147 e. The van der Waals surface area contributed by atoms with E-state index in [2.05, 4.69) is 23.4 Å². The Hall–Kier alpha value is -1.70. The molecule has 2 rings (SSSR count). The van der Waals surface area contributed by atoms with E-state index in [4.69, 9.17) is 28.5 Å². The summed E-state index contributed by atoms with van der Waals surface area (Å²) in [6, 6.07) is 7.27. The highest BCUT2D eigenvalue weighted by Crippen LogP contribution is 2.27. The average molecular weight is 295 g/mol. The smallest absolute Gasteiger partial charge is 0.147 e. The molecule has 19 heavy (non-hydrogen) atoms. The van der Waals surface area contributed by atoms with Crippen molar-refractivity contribution in [3.8, 4) is 11.8 Å². The van der Waals surface area contributed by atoms with Crippen LogP contribution < -0.4 is 5.32 Å². The summed E-state index contributed by atoms with van der Waals surface area (Å²) in [5.74, 6) is 0.647. The van der Waals surface area contributed by atoms with Crippen molar-refractivity contribution in [2.45, 2.75) is 13.3 Å². The van der Waals surface area contributed by atoms with Crippen LogP contribution in [-0.2, 0) is 0 Å². The molecule has 0 fully saturated rings. The van der Waals surface area contributed by atoms with Crippen LogP contribution in [0.25, 0.3) is 5.69 Å². The van der Waals surface area contributed by atoms with Gasteiger partial charge in [0, 0.05) is 11.6 Å². The number of hydrogen-bond acceptors (Lipinski definition) is 3. The number of nitriles is 1. The fourth-order valence-corrected chi connectivity index (χ4v) is 2.17. The summed E-state index contributed by atoms with van der Waals surface area (Å²) in [5.41, 5.74) is 1.17. The fourth-order valence-electron chi connectivity index (χ4n) is 1.68. The Morgan fingerprint density at radius 2 is 2.21 bits per heavy atom. The Bertz CT molecular complexity index is 628. The van der Waals surface area contributed by atoms with Gasteiger partial charge in [0.05, 0.1) is 16.9 Å². The van der Waals surface area contributed by atoms with E-state index in [1.165, 1.54) is 6.20 Å². The van der Waals surface area contributed by atoms with Gasteiger partial charge in [-0.25, -0.2) is 4.68 Å². The number of nitrogens with one attached hydrogen (secondary N) is 1. The fraction of sp³-hybridized carbons (Fsp3) is 0.231. The third-order valence-electron chi connectivity index (χ3n) is 2.57. The number of benzene rings is 1. The molecule has 1 heterocycles. The number of rotatable bonds is 4. The molecule has 0 saturated carbocycles. The molecule has 6 heteroatoms. The number of nitrogens with zero attached hydrogens (tertiary/aromatic N) is 3. The van der Waals surface area contributed by atoms with Crippen LogP contribution in [0.1, 0.15) is 18.9 Å². The van der Waals surface area contributed by atoms with Gasteiger partial charge in [-0.05, 0) is 24.6 Å². The highest BCUT2D eigenvalue weighted by atomic mass is 35.5. The first-order chi connectivity index (χ1) is 9.17. The predicted molar refractivity (Wildman–Crippen MR) is 77.1 cm³/mol. The zero-order valence-corrected chi connectivity index (χ0v) is 11.8. The van der Waals surface area contributed by atoms with E-state index in [9.17, 15) is 0 Å². The van der Waals surface area contributed by atoms with Crippen molar-refractivity contribution in [2.75, 3.05) is 11.9 Å². The first-order valence-electron chi connectivity index (χ1n) is 5.84. The van der Waals surface area contributed by atoms with Gasteiger partial charge >= 0.3 is 0 Å². The molecule has 0 unspecified atom stereocenters. The topological polar surface area (TPSA) is 53.6 Å². The molecule has 0 amide bonds. The highest BCUT2D eigenvalue weighted by Gasteiger charge is 2.13. The second-order valence-corrected chi connectivity index (χ2v) is 4.80. The van der Waals surface area contributed by atoms with Gasteiger partial charge in [0.15, 0.2) is 0 Å². The molecule has 98 valence electrons. The minimum atomic E-state index is 0.486. The van der Waals surface area contributed by atoms with Crippen LogP contribution in [0.15, 0.2) is 24.4 Å². The van der Waals surface area contributed by atoms with Gasteiger partial charge in [-0.2, -0.15) is 10.4 Å². The summed E-state index contributed by atoms with van der Waals surface area (Å²) in [7, 11) is 0. The molecule has 0 atom stereocenters. The van der Waals surface area contributed by atoms with Crippen LogP contribution in [0.2, 0.25) is 10.0 Å². The molecular formula is C13H12Cl2N4. The van der Waals surface area contributed by atoms with Crippen molar-refractivity contribution in [1.29, 1.82) is 5.26 Å². The molecule has 1 aromatic carbocycles. The van der Waals surface area contributed by atoms with Gasteiger partial charge in [0.1, 0.15) is 17.5 Å². The lowest BCUT2D eigenvalue weighted by molar-refractivity contribution is 0.865. The highest BCUT2D eigenvalue weighted by molar-refractivity contribution is 6.35. The molecule has 0 aliphatic heterocycles. The van der Waals surface area contributed by atoms with Crippen molar-refractivity contribution < 1.29 is 0 Å². The maximum absolute atomic E-state index is 9.09. The Labute approximate surface area is 121 Å². The Morgan fingerprint density at radius 3 is 2.84 bits per heavy atom. The van der Waals surface area contributed by atoms with Crippen molar-refractivity contribution >= 4 is 29.0 Å². The average Bonchev–Trinajstić information content (AvgIpc) is 2.79. The molecule has 2 aromatic rings. The summed E-state index contributed by atoms with van der Waals surface area (Å²) < 4.78 is 1.62. The third kappa shape index (κ3) is 2.83. The lowest BCUT2D eigenvalue weighted by Gasteiger charge is -2.11. The second kappa shape index (κ2) is 5.96. The van der Waals surface area contributed by atoms with Gasteiger partial charge in [0.25, 0.3) is 0 Å². The SMILES string of the molecule is CCCNc1c(C#N)cnn1-c1ccc(Cl)cc1Cl. The van der Waals surface area contributed by atoms with E-state index in [-0.39, 0.29) is 0 Å². The first kappa shape index (κ1) is 13.7. The van der Waals surface area contributed by atoms with Gasteiger partial charge in [-0.1, -0.05) is 30.1 Å². The summed E-state index contributed by atoms with van der Waals surface area (Å²) in [4.78, 5) is 0. The lowest BCUT2D eigenvalue weighted by Crippen LogP contribution is -2.08. The maximum atomic E-state index is 9.09. The van der Waals surface area contributed by atoms with E-state index in [0.29, 0.717) is 27.1 Å². The minimum Gasteiger partial charge on any atom is -0.369 e. The van der Waals surface area contributed by atoms with Crippen LogP contribution in [-0.4, -0.2) is 16.3 Å². The zero-order chi connectivity index (χ0) is 13.8. The predicted octanol–water partition coefficient (Wildman–Crippen LogP) is 3.87. The molecule has 1 aromatic heterocycles. The van der Waals surface area contributed by atoms with E-state index >= 15 is 0 Å². The van der Waals surface area contributed by atoms with Crippen molar-refractivity contribution in [2.24, 2.45) is 0 Å². The van der Waals surface area contributed by atoms with Crippen LogP contribution in [0.4, 0.5) is 5.82 Å². The van der Waals surface area contributed by atoms with Gasteiger partial charge in [0.2, 0.25) is 0 Å². The first-order valence-corrected chi connectivity index (χ1v) is 6.60. The molecule has 0 aliphatic rings. The van der Waals surface area contributed by atoms with E-state index in [0.717, 1.165) is 13.0 Å². The molecule has 0 saturated heterocycles. The van der Waals surface area contributed by atoms with Gasteiger partial charge < -0.3 is 5.32 Å². The van der Waals surface area contributed by atoms with Gasteiger partial charge in [-0.15, -0.1) is 0 Å². The van der Waals surface area contributed by atoms with Gasteiger partial charge in [-0.3, -0.25) is 0 Å². The van der Waals surface area contributed by atoms with E-state index in [1.807, 2.05) is 0 Å². The summed E-state index contributed by atoms with van der Waals surface area (Å²) in [6.45, 7) is 2.81. The van der Waals surface area contributed by atoms with Crippen molar-refractivity contribution in [3.63, 3.8) is 0 Å². The quantitative estimate of drug-likeness (QED) is 0.931. The lowest BCUT2D eigenvalue weighted by atomic mass is 10.3. The summed E-state index contributed by atoms with van der Waals surface area (Å²) >= 11 is 12.0. The largest absolute Gasteiger partial charge is 0.369 e. The number of anilines is 1. The molecule has 4 nitrogen and oxygen atoms in total. The molecule has 0 radical (unpaired) electrons. The molecule has 1 N–H and O–H groups in total. The van der Waals surface area contributed by atoms with Crippen LogP contribution in [0.5, 0.6) is 0 Å². The molecule has 0 spiro atoms. The molecular weight excluding hydrogens is 283 g/mol. The summed E-state index contributed by atoms with van der Waals surface area (Å²) in [6.07, 6.45) is 2.47.